The first-order valence-corrected chi connectivity index (χ1v) is 5.23. The molecule has 1 heterocycles. The van der Waals surface area contributed by atoms with Crippen molar-refractivity contribution in [1.29, 1.82) is 5.41 Å². The Morgan fingerprint density at radius 2 is 2.25 bits per heavy atom. The van der Waals surface area contributed by atoms with E-state index in [1.165, 1.54) is 0 Å². The average Bonchev–Trinajstić information content (AvgIpc) is 2.65. The molecule has 0 saturated heterocycles. The van der Waals surface area contributed by atoms with Crippen LogP contribution in [0, 0.1) is 5.41 Å². The minimum absolute atomic E-state index is 0.157. The quantitative estimate of drug-likeness (QED) is 0.353. The van der Waals surface area contributed by atoms with Gasteiger partial charge in [0, 0.05) is 22.8 Å². The van der Waals surface area contributed by atoms with Crippen LogP contribution in [0.4, 0.5) is 10.8 Å². The zero-order valence-electron chi connectivity index (χ0n) is 8.27. The predicted octanol–water partition coefficient (Wildman–Crippen LogP) is 1.09. The van der Waals surface area contributed by atoms with E-state index in [2.05, 4.69) is 14.7 Å². The third-order valence-electron chi connectivity index (χ3n) is 1.81. The molecular formula is C9H10N6S. The lowest BCUT2D eigenvalue weighted by molar-refractivity contribution is 1.31. The Labute approximate surface area is 96.0 Å². The molecule has 0 spiro atoms. The van der Waals surface area contributed by atoms with Gasteiger partial charge in [-0.15, -0.1) is 0 Å². The number of benzene rings is 1. The number of rotatable bonds is 2. The average molecular weight is 234 g/mol. The Kier molecular flexibility index (Phi) is 2.69. The lowest BCUT2D eigenvalue weighted by Crippen LogP contribution is -2.20. The number of nitrogens with one attached hydrogen (secondary N) is 2. The number of guanidine groups is 1. The van der Waals surface area contributed by atoms with E-state index >= 15 is 0 Å². The molecule has 1 aromatic carbocycles. The van der Waals surface area contributed by atoms with Crippen LogP contribution in [-0.4, -0.2) is 15.3 Å². The fourth-order valence-electron chi connectivity index (χ4n) is 1.18. The molecule has 0 unspecified atom stereocenters. The first-order valence-electron chi connectivity index (χ1n) is 4.46. The number of aromatic nitrogens is 2. The van der Waals surface area contributed by atoms with Crippen LogP contribution < -0.4 is 16.8 Å². The summed E-state index contributed by atoms with van der Waals surface area (Å²) in [4.78, 5) is 4.18. The highest BCUT2D eigenvalue weighted by Gasteiger charge is 2.06. The Morgan fingerprint density at radius 3 is 2.94 bits per heavy atom. The highest BCUT2D eigenvalue weighted by atomic mass is 32.1. The number of nitrogens with zero attached hydrogens (tertiary/aromatic N) is 2. The minimum Gasteiger partial charge on any atom is -0.399 e. The van der Waals surface area contributed by atoms with Crippen LogP contribution in [-0.2, 0) is 0 Å². The second-order valence-corrected chi connectivity index (χ2v) is 3.84. The van der Waals surface area contributed by atoms with E-state index in [-0.39, 0.29) is 5.96 Å². The highest BCUT2D eigenvalue weighted by molar-refractivity contribution is 7.10. The van der Waals surface area contributed by atoms with E-state index in [0.29, 0.717) is 16.6 Å². The van der Waals surface area contributed by atoms with E-state index in [0.717, 1.165) is 17.1 Å². The molecule has 6 nitrogen and oxygen atoms in total. The molecule has 0 atom stereocenters. The topological polar surface area (TPSA) is 114 Å². The van der Waals surface area contributed by atoms with Crippen molar-refractivity contribution in [1.82, 2.24) is 9.36 Å². The van der Waals surface area contributed by atoms with E-state index < -0.39 is 0 Å². The van der Waals surface area contributed by atoms with Gasteiger partial charge in [-0.2, -0.15) is 9.36 Å². The Bertz CT molecular complexity index is 520. The lowest BCUT2D eigenvalue weighted by Gasteiger charge is -1.97. The van der Waals surface area contributed by atoms with Gasteiger partial charge >= 0.3 is 0 Å². The molecule has 0 aliphatic rings. The summed E-state index contributed by atoms with van der Waals surface area (Å²) < 4.78 is 4.14. The number of hydrogen-bond donors (Lipinski definition) is 4. The van der Waals surface area contributed by atoms with Crippen molar-refractivity contribution >= 4 is 28.3 Å². The van der Waals surface area contributed by atoms with Crippen molar-refractivity contribution in [3.63, 3.8) is 0 Å². The predicted molar refractivity (Wildman–Crippen MR) is 65.3 cm³/mol. The van der Waals surface area contributed by atoms with Crippen molar-refractivity contribution in [3.05, 3.63) is 24.3 Å². The molecular weight excluding hydrogens is 224 g/mol. The Hall–Kier alpha value is -2.15. The first-order chi connectivity index (χ1) is 7.65. The zero-order chi connectivity index (χ0) is 11.5. The van der Waals surface area contributed by atoms with Crippen LogP contribution in [0.3, 0.4) is 0 Å². The SMILES string of the molecule is N=C(N)Nc1nc(-c2cccc(N)c2)ns1. The number of nitrogen functional groups attached to an aromatic ring is 1. The molecule has 0 aliphatic heterocycles. The van der Waals surface area contributed by atoms with Gasteiger partial charge in [-0.1, -0.05) is 12.1 Å². The maximum Gasteiger partial charge on any atom is 0.209 e. The van der Waals surface area contributed by atoms with Gasteiger partial charge in [0.2, 0.25) is 5.13 Å². The Balaban J connectivity index is 2.28. The number of hydrogen-bond acceptors (Lipinski definition) is 5. The molecule has 0 fully saturated rings. The summed E-state index contributed by atoms with van der Waals surface area (Å²) in [5.41, 5.74) is 12.4. The van der Waals surface area contributed by atoms with Crippen LogP contribution in [0.25, 0.3) is 11.4 Å². The van der Waals surface area contributed by atoms with Crippen molar-refractivity contribution in [2.24, 2.45) is 5.73 Å². The summed E-state index contributed by atoms with van der Waals surface area (Å²) in [6, 6.07) is 7.30. The Morgan fingerprint density at radius 1 is 1.44 bits per heavy atom. The minimum atomic E-state index is -0.157. The maximum atomic E-state index is 7.07. The van der Waals surface area contributed by atoms with Crippen LogP contribution in [0.1, 0.15) is 0 Å². The molecule has 82 valence electrons. The van der Waals surface area contributed by atoms with Gasteiger partial charge in [-0.05, 0) is 12.1 Å². The van der Waals surface area contributed by atoms with Crippen molar-refractivity contribution < 1.29 is 0 Å². The molecule has 0 radical (unpaired) electrons. The van der Waals surface area contributed by atoms with E-state index in [9.17, 15) is 0 Å². The van der Waals surface area contributed by atoms with Gasteiger partial charge in [0.15, 0.2) is 11.8 Å². The first kappa shape index (κ1) is 10.4. The highest BCUT2D eigenvalue weighted by Crippen LogP contribution is 2.22. The van der Waals surface area contributed by atoms with Gasteiger partial charge in [-0.3, -0.25) is 5.41 Å². The molecule has 2 aromatic rings. The van der Waals surface area contributed by atoms with Gasteiger partial charge in [0.25, 0.3) is 0 Å². The summed E-state index contributed by atoms with van der Waals surface area (Å²) >= 11 is 1.14. The molecule has 0 aliphatic carbocycles. The van der Waals surface area contributed by atoms with E-state index in [1.807, 2.05) is 12.1 Å². The molecule has 0 bridgehead atoms. The molecule has 0 amide bonds. The summed E-state index contributed by atoms with van der Waals surface area (Å²) in [5.74, 6) is 0.413. The maximum absolute atomic E-state index is 7.07. The molecule has 1 aromatic heterocycles. The van der Waals surface area contributed by atoms with E-state index in [4.69, 9.17) is 16.9 Å². The second kappa shape index (κ2) is 4.15. The number of nitrogens with two attached hydrogens (primary N) is 2. The van der Waals surface area contributed by atoms with Crippen LogP contribution >= 0.6 is 11.5 Å². The molecule has 2 rings (SSSR count). The summed E-state index contributed by atoms with van der Waals surface area (Å²) in [6.45, 7) is 0. The third kappa shape index (κ3) is 2.26. The third-order valence-corrected chi connectivity index (χ3v) is 2.44. The van der Waals surface area contributed by atoms with Gasteiger partial charge in [-0.25, -0.2) is 0 Å². The van der Waals surface area contributed by atoms with Crippen molar-refractivity contribution in [2.45, 2.75) is 0 Å². The molecule has 7 heteroatoms. The summed E-state index contributed by atoms with van der Waals surface area (Å²) in [5, 5.41) is 10.1. The zero-order valence-corrected chi connectivity index (χ0v) is 9.08. The fourth-order valence-corrected chi connectivity index (χ4v) is 1.79. The standard InChI is InChI=1S/C9H10N6S/c10-6-3-1-2-5(4-6)7-13-9(16-15-7)14-8(11)12/h1-4H,10H2,(H4,11,12,13,14,15). The van der Waals surface area contributed by atoms with Crippen molar-refractivity contribution in [3.8, 4) is 11.4 Å². The molecule has 0 saturated carbocycles. The fraction of sp³-hybridized carbons (Fsp3) is 0. The normalized spacial score (nSPS) is 10.0. The molecule has 6 N–H and O–H groups in total. The van der Waals surface area contributed by atoms with Crippen LogP contribution in [0.15, 0.2) is 24.3 Å². The monoisotopic (exact) mass is 234 g/mol. The molecule has 16 heavy (non-hydrogen) atoms. The largest absolute Gasteiger partial charge is 0.399 e. The van der Waals surface area contributed by atoms with Gasteiger partial charge < -0.3 is 16.8 Å². The summed E-state index contributed by atoms with van der Waals surface area (Å²) in [6.07, 6.45) is 0. The van der Waals surface area contributed by atoms with Gasteiger partial charge in [0.1, 0.15) is 0 Å². The second-order valence-electron chi connectivity index (χ2n) is 3.09. The van der Waals surface area contributed by atoms with Crippen molar-refractivity contribution in [2.75, 3.05) is 11.1 Å². The smallest absolute Gasteiger partial charge is 0.209 e. The van der Waals surface area contributed by atoms with Crippen LogP contribution in [0.5, 0.6) is 0 Å². The number of anilines is 2. The summed E-state index contributed by atoms with van der Waals surface area (Å²) in [7, 11) is 0. The lowest BCUT2D eigenvalue weighted by atomic mass is 10.2. The van der Waals surface area contributed by atoms with Crippen LogP contribution in [0.2, 0.25) is 0 Å². The van der Waals surface area contributed by atoms with Gasteiger partial charge in [0.05, 0.1) is 0 Å². The van der Waals surface area contributed by atoms with E-state index in [1.54, 1.807) is 12.1 Å².